The summed E-state index contributed by atoms with van der Waals surface area (Å²) in [5, 5.41) is 0. The van der Waals surface area contributed by atoms with Crippen molar-refractivity contribution in [3.8, 4) is 0 Å². The van der Waals surface area contributed by atoms with Crippen LogP contribution < -0.4 is 5.73 Å². The molecule has 5 nitrogen and oxygen atoms in total. The Bertz CT molecular complexity index is 923. The first-order valence-electron chi connectivity index (χ1n) is 11.8. The number of hydrogen-bond donors (Lipinski definition) is 1. The minimum absolute atomic E-state index is 0.0439. The number of amides is 1. The van der Waals surface area contributed by atoms with Gasteiger partial charge >= 0.3 is 0 Å². The van der Waals surface area contributed by atoms with Crippen LogP contribution in [0.2, 0.25) is 0 Å². The zero-order valence-electron chi connectivity index (χ0n) is 20.0. The highest BCUT2D eigenvalue weighted by Crippen LogP contribution is 2.36. The summed E-state index contributed by atoms with van der Waals surface area (Å²) in [7, 11) is 0. The molecule has 1 heterocycles. The quantitative estimate of drug-likeness (QED) is 0.494. The number of anilines is 1. The maximum Gasteiger partial charge on any atom is 0.254 e. The van der Waals surface area contributed by atoms with Crippen LogP contribution in [-0.2, 0) is 0 Å². The number of carbonyl (C=O) groups is 1. The summed E-state index contributed by atoms with van der Waals surface area (Å²) in [5.41, 5.74) is 9.89. The molecule has 2 aromatic carbocycles. The first kappa shape index (κ1) is 24.0. The number of rotatable bonds is 8. The molecule has 2 N–H and O–H groups in total. The van der Waals surface area contributed by atoms with Crippen LogP contribution in [0.3, 0.4) is 0 Å². The van der Waals surface area contributed by atoms with E-state index in [-0.39, 0.29) is 11.9 Å². The van der Waals surface area contributed by atoms with Gasteiger partial charge in [-0.3, -0.25) is 14.6 Å². The van der Waals surface area contributed by atoms with Gasteiger partial charge in [-0.05, 0) is 57.0 Å². The van der Waals surface area contributed by atoms with Crippen LogP contribution in [0.1, 0.15) is 55.2 Å². The Morgan fingerprint density at radius 3 is 2.50 bits per heavy atom. The largest absolute Gasteiger partial charge is 0.399 e. The highest BCUT2D eigenvalue weighted by Gasteiger charge is 2.36. The standard InChI is InChI=1S/C27H38N4O/c1-6-16-30-18-21(5)31(19-20(30)4)26(22-12-11-13-23(28)17-22)24-14-9-10-15-25(24)27(32)29(7-2)8-3/h6,9-15,17,20-21,26H,1,7-8,16,18-19,28H2,2-5H3/t20-,21+,26?/m0/s1. The van der Waals surface area contributed by atoms with E-state index in [4.69, 9.17) is 5.73 Å². The van der Waals surface area contributed by atoms with E-state index in [1.54, 1.807) is 0 Å². The Hall–Kier alpha value is -2.63. The van der Waals surface area contributed by atoms with Gasteiger partial charge in [0.1, 0.15) is 0 Å². The summed E-state index contributed by atoms with van der Waals surface area (Å²) in [6.45, 7) is 16.7. The lowest BCUT2D eigenvalue weighted by Gasteiger charge is -2.47. The zero-order chi connectivity index (χ0) is 23.3. The fourth-order valence-corrected chi connectivity index (χ4v) is 4.90. The van der Waals surface area contributed by atoms with Gasteiger partial charge in [0.05, 0.1) is 6.04 Å². The second-order valence-corrected chi connectivity index (χ2v) is 8.77. The Balaban J connectivity index is 2.10. The second-order valence-electron chi connectivity index (χ2n) is 8.77. The molecule has 32 heavy (non-hydrogen) atoms. The number of nitrogens with zero attached hydrogens (tertiary/aromatic N) is 3. The molecular weight excluding hydrogens is 396 g/mol. The molecule has 0 bridgehead atoms. The van der Waals surface area contributed by atoms with Crippen LogP contribution in [0.25, 0.3) is 0 Å². The van der Waals surface area contributed by atoms with E-state index in [1.807, 2.05) is 55.2 Å². The fourth-order valence-electron chi connectivity index (χ4n) is 4.90. The fraction of sp³-hybridized carbons (Fsp3) is 0.444. The maximum atomic E-state index is 13.5. The molecule has 1 saturated heterocycles. The molecule has 0 spiro atoms. The van der Waals surface area contributed by atoms with Crippen LogP contribution in [0.4, 0.5) is 5.69 Å². The summed E-state index contributed by atoms with van der Waals surface area (Å²) in [6.07, 6.45) is 1.98. The van der Waals surface area contributed by atoms with E-state index in [0.717, 1.165) is 42.0 Å². The Kier molecular flexibility index (Phi) is 8.10. The monoisotopic (exact) mass is 434 g/mol. The van der Waals surface area contributed by atoms with Gasteiger partial charge in [-0.2, -0.15) is 0 Å². The smallest absolute Gasteiger partial charge is 0.254 e. The van der Waals surface area contributed by atoms with Crippen molar-refractivity contribution < 1.29 is 4.79 Å². The summed E-state index contributed by atoms with van der Waals surface area (Å²) in [6, 6.07) is 16.8. The van der Waals surface area contributed by atoms with Crippen molar-refractivity contribution in [3.05, 3.63) is 77.9 Å². The minimum atomic E-state index is -0.0439. The minimum Gasteiger partial charge on any atom is -0.399 e. The molecular formula is C27H38N4O. The number of carbonyl (C=O) groups excluding carboxylic acids is 1. The van der Waals surface area contributed by atoms with E-state index < -0.39 is 0 Å². The van der Waals surface area contributed by atoms with E-state index in [0.29, 0.717) is 25.2 Å². The number of benzene rings is 2. The molecule has 172 valence electrons. The van der Waals surface area contributed by atoms with Gasteiger partial charge in [0.2, 0.25) is 0 Å². The molecule has 3 atom stereocenters. The third kappa shape index (κ3) is 5.05. The second kappa shape index (κ2) is 10.8. The lowest BCUT2D eigenvalue weighted by atomic mass is 9.89. The summed E-state index contributed by atoms with van der Waals surface area (Å²) in [5.74, 6) is 0.0884. The van der Waals surface area contributed by atoms with Gasteiger partial charge in [0.15, 0.2) is 0 Å². The highest BCUT2D eigenvalue weighted by molar-refractivity contribution is 5.96. The van der Waals surface area contributed by atoms with Gasteiger partial charge in [0, 0.05) is 56.1 Å². The molecule has 0 aliphatic carbocycles. The van der Waals surface area contributed by atoms with Gasteiger partial charge in [-0.15, -0.1) is 6.58 Å². The maximum absolute atomic E-state index is 13.5. The van der Waals surface area contributed by atoms with E-state index >= 15 is 0 Å². The predicted molar refractivity (Wildman–Crippen MR) is 134 cm³/mol. The van der Waals surface area contributed by atoms with Crippen molar-refractivity contribution >= 4 is 11.6 Å². The average molecular weight is 435 g/mol. The highest BCUT2D eigenvalue weighted by atomic mass is 16.2. The van der Waals surface area contributed by atoms with Gasteiger partial charge in [0.25, 0.3) is 5.91 Å². The Morgan fingerprint density at radius 1 is 1.12 bits per heavy atom. The molecule has 5 heteroatoms. The molecule has 1 fully saturated rings. The van der Waals surface area contributed by atoms with Crippen LogP contribution in [0, 0.1) is 0 Å². The summed E-state index contributed by atoms with van der Waals surface area (Å²) >= 11 is 0. The molecule has 0 radical (unpaired) electrons. The lowest BCUT2D eigenvalue weighted by molar-refractivity contribution is 0.0303. The molecule has 0 aromatic heterocycles. The van der Waals surface area contributed by atoms with Crippen molar-refractivity contribution in [1.82, 2.24) is 14.7 Å². The van der Waals surface area contributed by atoms with Crippen molar-refractivity contribution in [1.29, 1.82) is 0 Å². The van der Waals surface area contributed by atoms with Crippen LogP contribution in [0.15, 0.2) is 61.2 Å². The molecule has 1 aliphatic rings. The number of piperazine rings is 1. The third-order valence-electron chi connectivity index (χ3n) is 6.62. The van der Waals surface area contributed by atoms with Crippen LogP contribution in [0.5, 0.6) is 0 Å². The molecule has 3 rings (SSSR count). The average Bonchev–Trinajstić information content (AvgIpc) is 2.78. The third-order valence-corrected chi connectivity index (χ3v) is 6.62. The van der Waals surface area contributed by atoms with Crippen molar-refractivity contribution in [2.75, 3.05) is 38.5 Å². The van der Waals surface area contributed by atoms with Gasteiger partial charge < -0.3 is 10.6 Å². The van der Waals surface area contributed by atoms with E-state index in [9.17, 15) is 4.79 Å². The summed E-state index contributed by atoms with van der Waals surface area (Å²) < 4.78 is 0. The normalized spacial score (nSPS) is 20.6. The Labute approximate surface area is 193 Å². The number of nitrogen functional groups attached to an aromatic ring is 1. The van der Waals surface area contributed by atoms with Crippen LogP contribution in [-0.4, -0.2) is 65.4 Å². The van der Waals surface area contributed by atoms with E-state index in [2.05, 4.69) is 48.4 Å². The van der Waals surface area contributed by atoms with Gasteiger partial charge in [-0.25, -0.2) is 0 Å². The molecule has 1 aliphatic heterocycles. The first-order chi connectivity index (χ1) is 15.4. The number of hydrogen-bond acceptors (Lipinski definition) is 4. The predicted octanol–water partition coefficient (Wildman–Crippen LogP) is 4.42. The van der Waals surface area contributed by atoms with Crippen molar-refractivity contribution in [2.45, 2.75) is 45.8 Å². The topological polar surface area (TPSA) is 52.8 Å². The SMILES string of the molecule is C=CCN1C[C@@H](C)N(C(c2cccc(N)c2)c2ccccc2C(=O)N(CC)CC)C[C@@H]1C. The van der Waals surface area contributed by atoms with E-state index in [1.165, 1.54) is 0 Å². The van der Waals surface area contributed by atoms with Crippen molar-refractivity contribution in [3.63, 3.8) is 0 Å². The zero-order valence-corrected chi connectivity index (χ0v) is 20.0. The molecule has 1 unspecified atom stereocenters. The lowest BCUT2D eigenvalue weighted by Crippen LogP contribution is -2.57. The molecule has 2 aromatic rings. The van der Waals surface area contributed by atoms with Gasteiger partial charge in [-0.1, -0.05) is 36.4 Å². The summed E-state index contributed by atoms with van der Waals surface area (Å²) in [4.78, 5) is 20.4. The molecule has 0 saturated carbocycles. The van der Waals surface area contributed by atoms with Crippen LogP contribution >= 0.6 is 0 Å². The number of nitrogens with two attached hydrogens (primary N) is 1. The Morgan fingerprint density at radius 2 is 1.84 bits per heavy atom. The molecule has 1 amide bonds. The van der Waals surface area contributed by atoms with Crippen molar-refractivity contribution in [2.24, 2.45) is 0 Å². The first-order valence-corrected chi connectivity index (χ1v) is 11.8.